The molecule has 0 aliphatic heterocycles. The molecule has 0 aromatic rings. The lowest BCUT2D eigenvalue weighted by Crippen LogP contribution is -2.74. The monoisotopic (exact) mass is 418 g/mol. The zero-order chi connectivity index (χ0) is 21.9. The normalized spacial score (nSPS) is 12.2. The summed E-state index contributed by atoms with van der Waals surface area (Å²) >= 11 is 0. The first-order valence-corrected chi connectivity index (χ1v) is 9.65. The van der Waals surface area contributed by atoms with Crippen molar-refractivity contribution >= 4 is 21.6 Å². The lowest BCUT2D eigenvalue weighted by molar-refractivity contribution is -0.597. The summed E-state index contributed by atoms with van der Waals surface area (Å²) in [5.41, 5.74) is 9.17. The van der Waals surface area contributed by atoms with Crippen molar-refractivity contribution in [2.24, 2.45) is 11.5 Å². The number of hydrogen-bond acceptors (Lipinski definition) is 6. The van der Waals surface area contributed by atoms with E-state index in [1.165, 1.54) is 0 Å². The molecule has 0 rings (SSSR count). The highest BCUT2D eigenvalue weighted by Crippen LogP contribution is 2.25. The molecule has 14 nitrogen and oxygen atoms in total. The van der Waals surface area contributed by atoms with Crippen LogP contribution >= 0.6 is 15.6 Å². The molecule has 16 heteroatoms. The van der Waals surface area contributed by atoms with Crippen LogP contribution in [0.15, 0.2) is 0 Å². The minimum Gasteiger partial charge on any atom is -0.790 e. The third-order valence-electron chi connectivity index (χ3n) is 1.14. The van der Waals surface area contributed by atoms with Crippen LogP contribution in [0, 0.1) is 0 Å². The fourth-order valence-corrected chi connectivity index (χ4v) is 0.537. The molecule has 0 aliphatic rings. The molecule has 0 spiro atoms. The number of hydrogen-bond donors (Lipinski definition) is 10. The van der Waals surface area contributed by atoms with Gasteiger partial charge in [-0.1, -0.05) is 13.3 Å². The van der Waals surface area contributed by atoms with Gasteiger partial charge in [0.2, 0.25) is 0 Å². The molecule has 0 saturated heterocycles. The second-order valence-corrected chi connectivity index (χ2v) is 6.12. The SMILES string of the molecule is CCCC(O)C(C)O.C[NH2+]C.NC(N)=[NH2+].O=P(O)(O)O.O=P([O-])([O-])O. The fraction of sp³-hybridized carbons (Fsp3) is 0.889. The van der Waals surface area contributed by atoms with Crippen molar-refractivity contribution in [3.63, 3.8) is 0 Å². The van der Waals surface area contributed by atoms with Crippen LogP contribution in [-0.4, -0.2) is 62.0 Å². The first-order chi connectivity index (χ1) is 10.8. The number of nitrogens with two attached hydrogens (primary N) is 4. The molecular formula is C9H32N4O10P2. The molecule has 0 radical (unpaired) electrons. The average molecular weight is 418 g/mol. The maximum atomic E-state index is 8.88. The first-order valence-electron chi connectivity index (χ1n) is 6.59. The van der Waals surface area contributed by atoms with E-state index in [9.17, 15) is 0 Å². The van der Waals surface area contributed by atoms with Crippen LogP contribution in [0.3, 0.4) is 0 Å². The van der Waals surface area contributed by atoms with Crippen molar-refractivity contribution < 1.29 is 59.4 Å². The molecule has 0 bridgehead atoms. The molecule has 25 heavy (non-hydrogen) atoms. The Morgan fingerprint density at radius 2 is 1.28 bits per heavy atom. The first kappa shape index (κ1) is 35.5. The second kappa shape index (κ2) is 21.4. The number of guanidine groups is 1. The van der Waals surface area contributed by atoms with Crippen LogP contribution in [0.1, 0.15) is 26.7 Å². The molecule has 0 saturated carbocycles. The molecule has 14 N–H and O–H groups in total. The molecule has 0 aliphatic carbocycles. The predicted octanol–water partition coefficient (Wildman–Crippen LogP) is -6.76. The average Bonchev–Trinajstić information content (AvgIpc) is 2.24. The van der Waals surface area contributed by atoms with E-state index in [-0.39, 0.29) is 5.96 Å². The van der Waals surface area contributed by atoms with Gasteiger partial charge in [-0.3, -0.25) is 16.9 Å². The van der Waals surface area contributed by atoms with Gasteiger partial charge in [-0.25, -0.2) is 4.57 Å². The molecular weight excluding hydrogens is 386 g/mol. The van der Waals surface area contributed by atoms with Crippen LogP contribution in [0.5, 0.6) is 0 Å². The van der Waals surface area contributed by atoms with Crippen LogP contribution in [0.4, 0.5) is 0 Å². The van der Waals surface area contributed by atoms with E-state index in [1.807, 2.05) is 26.3 Å². The Hall–Kier alpha value is -0.630. The predicted molar refractivity (Wildman–Crippen MR) is 85.8 cm³/mol. The van der Waals surface area contributed by atoms with Gasteiger partial charge in [0, 0.05) is 0 Å². The summed E-state index contributed by atoms with van der Waals surface area (Å²) in [4.78, 5) is 45.8. The molecule has 0 aromatic heterocycles. The van der Waals surface area contributed by atoms with Gasteiger partial charge in [0.1, 0.15) is 0 Å². The summed E-state index contributed by atoms with van der Waals surface area (Å²) in [6.45, 7) is 3.58. The van der Waals surface area contributed by atoms with Crippen molar-refractivity contribution in [2.75, 3.05) is 14.1 Å². The lowest BCUT2D eigenvalue weighted by Gasteiger charge is -2.19. The largest absolute Gasteiger partial charge is 0.790 e. The Kier molecular flexibility index (Phi) is 30.4. The van der Waals surface area contributed by atoms with Gasteiger partial charge >= 0.3 is 13.8 Å². The second-order valence-electron chi connectivity index (χ2n) is 4.16. The number of aliphatic hydroxyl groups is 2. The van der Waals surface area contributed by atoms with Gasteiger partial charge in [-0.15, -0.1) is 0 Å². The van der Waals surface area contributed by atoms with Crippen molar-refractivity contribution in [1.82, 2.24) is 0 Å². The van der Waals surface area contributed by atoms with Gasteiger partial charge < -0.3 is 49.5 Å². The number of rotatable bonds is 3. The summed E-state index contributed by atoms with van der Waals surface area (Å²) in [7, 11) is -5.78. The Balaban J connectivity index is -0.0000000697. The maximum absolute atomic E-state index is 8.88. The zero-order valence-electron chi connectivity index (χ0n) is 14.6. The summed E-state index contributed by atoms with van der Waals surface area (Å²) in [6.07, 6.45) is 0.513. The Labute approximate surface area is 146 Å². The summed E-state index contributed by atoms with van der Waals surface area (Å²) in [6, 6.07) is 0. The molecule has 0 amide bonds. The molecule has 2 unspecified atom stereocenters. The Morgan fingerprint density at radius 1 is 1.12 bits per heavy atom. The molecule has 0 fully saturated rings. The highest BCUT2D eigenvalue weighted by Gasteiger charge is 2.07. The van der Waals surface area contributed by atoms with Crippen LogP contribution in [0.2, 0.25) is 0 Å². The van der Waals surface area contributed by atoms with Crippen LogP contribution < -0.4 is 32.0 Å². The van der Waals surface area contributed by atoms with E-state index >= 15 is 0 Å². The van der Waals surface area contributed by atoms with Crippen LogP contribution in [-0.2, 0) is 9.13 Å². The van der Waals surface area contributed by atoms with Gasteiger partial charge in [-0.2, -0.15) is 0 Å². The van der Waals surface area contributed by atoms with Crippen molar-refractivity contribution in [3.05, 3.63) is 0 Å². The quantitative estimate of drug-likeness (QED) is 0.116. The van der Waals surface area contributed by atoms with Crippen molar-refractivity contribution in [2.45, 2.75) is 38.9 Å². The molecule has 0 heterocycles. The van der Waals surface area contributed by atoms with E-state index in [0.29, 0.717) is 6.42 Å². The lowest BCUT2D eigenvalue weighted by atomic mass is 10.1. The topological polar surface area (TPSA) is 296 Å². The van der Waals surface area contributed by atoms with E-state index in [2.05, 4.69) is 16.9 Å². The van der Waals surface area contributed by atoms with Gasteiger partial charge in [0.15, 0.2) is 0 Å². The smallest absolute Gasteiger partial charge is 0.466 e. The summed E-state index contributed by atoms with van der Waals surface area (Å²) in [5, 5.41) is 24.2. The summed E-state index contributed by atoms with van der Waals surface area (Å²) < 4.78 is 17.5. The van der Waals surface area contributed by atoms with Crippen molar-refractivity contribution in [3.8, 4) is 0 Å². The Bertz CT molecular complexity index is 333. The zero-order valence-corrected chi connectivity index (χ0v) is 16.4. The van der Waals surface area contributed by atoms with Crippen molar-refractivity contribution in [1.29, 1.82) is 0 Å². The van der Waals surface area contributed by atoms with E-state index in [0.717, 1.165) is 6.42 Å². The maximum Gasteiger partial charge on any atom is 0.466 e. The standard InChI is InChI=1S/C6H14O2.C2H7N.CH5N3.2H3O4P/c1-3-4-6(8)5(2)7;1-3-2;2-1(3)4;2*1-5(2,3)4/h5-8H,3-4H2,1-2H3;3H,1-2H3;(H5,2,3,4);2*(H3,1,2,3,4). The van der Waals surface area contributed by atoms with E-state index in [1.54, 1.807) is 6.92 Å². The number of phosphoric acid groups is 2. The summed E-state index contributed by atoms with van der Waals surface area (Å²) in [5.74, 6) is -0.0833. The third kappa shape index (κ3) is 263. The van der Waals surface area contributed by atoms with E-state index in [4.69, 9.17) is 48.7 Å². The molecule has 2 atom stereocenters. The van der Waals surface area contributed by atoms with Gasteiger partial charge in [0.05, 0.1) is 34.1 Å². The van der Waals surface area contributed by atoms with Crippen LogP contribution in [0.25, 0.3) is 0 Å². The van der Waals surface area contributed by atoms with Gasteiger partial charge in [0.25, 0.3) is 0 Å². The number of quaternary nitrogens is 1. The molecule has 0 aromatic carbocycles. The highest BCUT2D eigenvalue weighted by atomic mass is 31.2. The third-order valence-corrected chi connectivity index (χ3v) is 1.14. The number of aliphatic hydroxyl groups excluding tert-OH is 2. The highest BCUT2D eigenvalue weighted by molar-refractivity contribution is 7.45. The van der Waals surface area contributed by atoms with E-state index < -0.39 is 27.9 Å². The molecule has 158 valence electrons. The minimum atomic E-state index is -5.14. The minimum absolute atomic E-state index is 0.0833. The van der Waals surface area contributed by atoms with Gasteiger partial charge in [-0.05, 0) is 13.3 Å². The Morgan fingerprint density at radius 3 is 1.32 bits per heavy atom. The fourth-order valence-electron chi connectivity index (χ4n) is 0.537.